The molecule has 0 aromatic carbocycles. The van der Waals surface area contributed by atoms with Crippen LogP contribution in [0.25, 0.3) is 0 Å². The van der Waals surface area contributed by atoms with Crippen LogP contribution in [0.4, 0.5) is 0 Å². The number of hydrogen-bond donors (Lipinski definition) is 3. The number of aliphatic hydroxyl groups is 1. The van der Waals surface area contributed by atoms with E-state index in [0.29, 0.717) is 0 Å². The molecule has 0 aromatic rings. The highest BCUT2D eigenvalue weighted by Gasteiger charge is 2.12. The molecule has 0 rings (SSSR count). The minimum atomic E-state index is -2.14. The molecule has 0 saturated carbocycles. The summed E-state index contributed by atoms with van der Waals surface area (Å²) in [5.41, 5.74) is -1.28. The molecular formula is C3H9NO3S. The molecule has 0 heterocycles. The molecule has 0 radical (unpaired) electrons. The summed E-state index contributed by atoms with van der Waals surface area (Å²) < 4.78 is 19.9. The highest BCUT2D eigenvalue weighted by atomic mass is 32.2. The molecule has 0 aliphatic carbocycles. The summed E-state index contributed by atoms with van der Waals surface area (Å²) in [7, 11) is 0. The summed E-state index contributed by atoms with van der Waals surface area (Å²) in [6, 6.07) is 0. The SMILES string of the molecule is CC(C)(O)NS(=O)O. The van der Waals surface area contributed by atoms with Gasteiger partial charge in [-0.25, -0.2) is 4.21 Å². The molecule has 0 aromatic heterocycles. The lowest BCUT2D eigenvalue weighted by Crippen LogP contribution is -2.39. The zero-order chi connectivity index (χ0) is 6.78. The predicted molar refractivity (Wildman–Crippen MR) is 30.2 cm³/mol. The second kappa shape index (κ2) is 2.54. The lowest BCUT2D eigenvalue weighted by atomic mass is 10.4. The molecule has 1 atom stereocenters. The Bertz CT molecular complexity index is 97.2. The molecule has 0 aliphatic heterocycles. The van der Waals surface area contributed by atoms with Crippen LogP contribution in [0.1, 0.15) is 13.8 Å². The Hall–Kier alpha value is 0.0300. The Kier molecular flexibility index (Phi) is 2.55. The minimum absolute atomic E-state index is 1.28. The summed E-state index contributed by atoms with van der Waals surface area (Å²) >= 11 is -2.14. The Labute approximate surface area is 50.3 Å². The molecule has 5 heteroatoms. The van der Waals surface area contributed by atoms with Crippen LogP contribution in [0.15, 0.2) is 0 Å². The standard InChI is InChI=1S/C3H9NO3S/c1-3(2,5)4-8(6)7/h4-5H,1-2H3,(H,6,7). The van der Waals surface area contributed by atoms with Gasteiger partial charge < -0.3 is 5.11 Å². The van der Waals surface area contributed by atoms with Crippen molar-refractivity contribution in [1.29, 1.82) is 0 Å². The fourth-order valence-corrected chi connectivity index (χ4v) is 0.641. The van der Waals surface area contributed by atoms with Gasteiger partial charge in [-0.15, -0.1) is 0 Å². The van der Waals surface area contributed by atoms with Crippen molar-refractivity contribution in [3.63, 3.8) is 0 Å². The molecule has 3 N–H and O–H groups in total. The van der Waals surface area contributed by atoms with Crippen molar-refractivity contribution >= 4 is 11.3 Å². The van der Waals surface area contributed by atoms with Crippen molar-refractivity contribution in [3.05, 3.63) is 0 Å². The third kappa shape index (κ3) is 6.03. The first-order valence-corrected chi connectivity index (χ1v) is 3.13. The van der Waals surface area contributed by atoms with E-state index in [-0.39, 0.29) is 0 Å². The van der Waals surface area contributed by atoms with Crippen LogP contribution in [0.2, 0.25) is 0 Å². The van der Waals surface area contributed by atoms with E-state index in [9.17, 15) is 4.21 Å². The molecule has 0 bridgehead atoms. The lowest BCUT2D eigenvalue weighted by Gasteiger charge is -2.14. The van der Waals surface area contributed by atoms with Crippen molar-refractivity contribution in [3.8, 4) is 0 Å². The van der Waals surface area contributed by atoms with Crippen molar-refractivity contribution in [2.24, 2.45) is 0 Å². The average molecular weight is 139 g/mol. The zero-order valence-electron chi connectivity index (χ0n) is 4.71. The van der Waals surface area contributed by atoms with Crippen LogP contribution < -0.4 is 4.72 Å². The molecule has 8 heavy (non-hydrogen) atoms. The number of hydrogen-bond acceptors (Lipinski definition) is 2. The topological polar surface area (TPSA) is 69.6 Å². The lowest BCUT2D eigenvalue weighted by molar-refractivity contribution is 0.0685. The van der Waals surface area contributed by atoms with E-state index in [1.807, 2.05) is 4.72 Å². The smallest absolute Gasteiger partial charge is 0.234 e. The van der Waals surface area contributed by atoms with Gasteiger partial charge in [-0.3, -0.25) is 4.55 Å². The molecule has 4 nitrogen and oxygen atoms in total. The predicted octanol–water partition coefficient (Wildman–Crippen LogP) is -0.559. The molecule has 0 fully saturated rings. The van der Waals surface area contributed by atoms with E-state index in [1.165, 1.54) is 13.8 Å². The Morgan fingerprint density at radius 1 is 1.62 bits per heavy atom. The highest BCUT2D eigenvalue weighted by Crippen LogP contribution is 1.92. The van der Waals surface area contributed by atoms with Crippen LogP contribution >= 0.6 is 0 Å². The Morgan fingerprint density at radius 3 is 2.00 bits per heavy atom. The first-order chi connectivity index (χ1) is 3.42. The third-order valence-electron chi connectivity index (χ3n) is 0.337. The fraction of sp³-hybridized carbons (Fsp3) is 1.00. The van der Waals surface area contributed by atoms with Crippen LogP contribution in [0.3, 0.4) is 0 Å². The number of rotatable bonds is 2. The minimum Gasteiger partial charge on any atom is -0.375 e. The number of nitrogens with one attached hydrogen (secondary N) is 1. The van der Waals surface area contributed by atoms with Gasteiger partial charge in [0, 0.05) is 0 Å². The van der Waals surface area contributed by atoms with Crippen molar-refractivity contribution < 1.29 is 13.9 Å². The molecule has 0 saturated heterocycles. The van der Waals surface area contributed by atoms with Gasteiger partial charge in [0.1, 0.15) is 5.72 Å². The first kappa shape index (κ1) is 8.03. The maximum atomic E-state index is 9.85. The van der Waals surface area contributed by atoms with Gasteiger partial charge in [0.2, 0.25) is 11.3 Å². The van der Waals surface area contributed by atoms with E-state index >= 15 is 0 Å². The summed E-state index contributed by atoms with van der Waals surface area (Å²) in [6.45, 7) is 2.75. The first-order valence-electron chi connectivity index (χ1n) is 2.03. The summed E-state index contributed by atoms with van der Waals surface area (Å²) in [4.78, 5) is 0. The average Bonchev–Trinajstić information content (AvgIpc) is 1.21. The molecule has 1 unspecified atom stereocenters. The highest BCUT2D eigenvalue weighted by molar-refractivity contribution is 7.77. The molecule has 0 amide bonds. The maximum absolute atomic E-state index is 9.85. The summed E-state index contributed by atoms with van der Waals surface area (Å²) in [6.07, 6.45) is 0. The zero-order valence-corrected chi connectivity index (χ0v) is 5.53. The van der Waals surface area contributed by atoms with Crippen LogP contribution in [0.5, 0.6) is 0 Å². The third-order valence-corrected chi connectivity index (χ3v) is 1.01. The van der Waals surface area contributed by atoms with Crippen LogP contribution in [0, 0.1) is 0 Å². The van der Waals surface area contributed by atoms with Crippen molar-refractivity contribution in [2.45, 2.75) is 19.6 Å². The fourth-order valence-electron chi connectivity index (χ4n) is 0.214. The van der Waals surface area contributed by atoms with E-state index < -0.39 is 17.0 Å². The molecule has 50 valence electrons. The van der Waals surface area contributed by atoms with Gasteiger partial charge in [0.25, 0.3) is 0 Å². The normalized spacial score (nSPS) is 16.0. The van der Waals surface area contributed by atoms with E-state index in [0.717, 1.165) is 0 Å². The molecular weight excluding hydrogens is 130 g/mol. The van der Waals surface area contributed by atoms with Gasteiger partial charge in [-0.2, -0.15) is 4.72 Å². The van der Waals surface area contributed by atoms with E-state index in [2.05, 4.69) is 0 Å². The second-order valence-electron chi connectivity index (χ2n) is 1.91. The summed E-state index contributed by atoms with van der Waals surface area (Å²) in [5.74, 6) is 0. The molecule has 0 aliphatic rings. The van der Waals surface area contributed by atoms with E-state index in [4.69, 9.17) is 9.66 Å². The maximum Gasteiger partial charge on any atom is 0.234 e. The molecule has 0 spiro atoms. The van der Waals surface area contributed by atoms with Crippen LogP contribution in [-0.4, -0.2) is 19.6 Å². The van der Waals surface area contributed by atoms with Crippen molar-refractivity contribution in [2.75, 3.05) is 0 Å². The van der Waals surface area contributed by atoms with Crippen molar-refractivity contribution in [1.82, 2.24) is 4.72 Å². The van der Waals surface area contributed by atoms with E-state index in [1.54, 1.807) is 0 Å². The van der Waals surface area contributed by atoms with Gasteiger partial charge in [0.05, 0.1) is 0 Å². The van der Waals surface area contributed by atoms with Crippen LogP contribution in [-0.2, 0) is 11.3 Å². The van der Waals surface area contributed by atoms with Gasteiger partial charge in [-0.1, -0.05) is 0 Å². The van der Waals surface area contributed by atoms with Gasteiger partial charge in [0.15, 0.2) is 0 Å². The van der Waals surface area contributed by atoms with Gasteiger partial charge in [-0.05, 0) is 13.8 Å². The Balaban J connectivity index is 3.55. The largest absolute Gasteiger partial charge is 0.375 e. The second-order valence-corrected chi connectivity index (χ2v) is 2.61. The van der Waals surface area contributed by atoms with Gasteiger partial charge >= 0.3 is 0 Å². The quantitative estimate of drug-likeness (QED) is 0.355. The monoisotopic (exact) mass is 139 g/mol. The summed E-state index contributed by atoms with van der Waals surface area (Å²) in [5, 5.41) is 8.72. The Morgan fingerprint density at radius 2 is 2.00 bits per heavy atom.